The van der Waals surface area contributed by atoms with E-state index in [1.54, 1.807) is 7.11 Å². The van der Waals surface area contributed by atoms with Gasteiger partial charge in [0.1, 0.15) is 5.75 Å². The summed E-state index contributed by atoms with van der Waals surface area (Å²) in [5, 5.41) is 15.6. The maximum absolute atomic E-state index is 11.8. The summed E-state index contributed by atoms with van der Waals surface area (Å²) in [5.41, 5.74) is 1.11. The van der Waals surface area contributed by atoms with E-state index in [2.05, 4.69) is 10.6 Å². The topological polar surface area (TPSA) is 70.6 Å². The van der Waals surface area contributed by atoms with Crippen molar-refractivity contribution in [1.82, 2.24) is 10.6 Å². The van der Waals surface area contributed by atoms with E-state index < -0.39 is 0 Å². The molecule has 0 spiro atoms. The third-order valence-corrected chi connectivity index (χ3v) is 3.67. The Morgan fingerprint density at radius 2 is 2.10 bits per heavy atom. The lowest BCUT2D eigenvalue weighted by molar-refractivity contribution is -0.121. The third kappa shape index (κ3) is 5.53. The van der Waals surface area contributed by atoms with Gasteiger partial charge in [0.15, 0.2) is 0 Å². The number of methoxy groups -OCH3 is 1. The lowest BCUT2D eigenvalue weighted by atomic mass is 10.1. The first-order valence-electron chi connectivity index (χ1n) is 6.97. The van der Waals surface area contributed by atoms with Gasteiger partial charge in [-0.3, -0.25) is 4.79 Å². The van der Waals surface area contributed by atoms with Crippen molar-refractivity contribution in [1.29, 1.82) is 0 Å². The molecule has 6 heteroatoms. The Labute approximate surface area is 131 Å². The predicted octanol–water partition coefficient (Wildman–Crippen LogP) is 0.746. The van der Waals surface area contributed by atoms with E-state index in [1.165, 1.54) is 0 Å². The first-order valence-corrected chi connectivity index (χ1v) is 6.97. The Kier molecular flexibility index (Phi) is 7.50. The standard InChI is InChI=1S/C15H22N2O3.ClH/c1-20-13-5-2-11(3-6-13)4-7-15(19)17-9-12-8-16-10-14(12)18;/h2-3,5-6,12,14,16,18H,4,7-10H2,1H3,(H,17,19);1H. The normalized spacial score (nSPS) is 20.7. The van der Waals surface area contributed by atoms with E-state index in [0.29, 0.717) is 25.9 Å². The molecule has 0 aliphatic carbocycles. The third-order valence-electron chi connectivity index (χ3n) is 3.67. The molecule has 1 amide bonds. The fraction of sp³-hybridized carbons (Fsp3) is 0.533. The average Bonchev–Trinajstić information content (AvgIpc) is 2.89. The molecule has 2 unspecified atom stereocenters. The van der Waals surface area contributed by atoms with Crippen LogP contribution in [0.1, 0.15) is 12.0 Å². The molecule has 0 bridgehead atoms. The quantitative estimate of drug-likeness (QED) is 0.724. The number of hydrogen-bond donors (Lipinski definition) is 3. The van der Waals surface area contributed by atoms with Crippen molar-refractivity contribution in [3.63, 3.8) is 0 Å². The molecule has 1 aromatic carbocycles. The zero-order valence-corrected chi connectivity index (χ0v) is 13.0. The van der Waals surface area contributed by atoms with Crippen LogP contribution in [0, 0.1) is 5.92 Å². The largest absolute Gasteiger partial charge is 0.497 e. The number of rotatable bonds is 6. The lowest BCUT2D eigenvalue weighted by Gasteiger charge is -2.14. The van der Waals surface area contributed by atoms with Gasteiger partial charge in [-0.15, -0.1) is 12.4 Å². The second kappa shape index (κ2) is 8.87. The number of aliphatic hydroxyl groups is 1. The first-order chi connectivity index (χ1) is 9.69. The number of aliphatic hydroxyl groups excluding tert-OH is 1. The van der Waals surface area contributed by atoms with Gasteiger partial charge < -0.3 is 20.5 Å². The molecule has 0 saturated carbocycles. The van der Waals surface area contributed by atoms with Crippen LogP contribution in [0.5, 0.6) is 5.75 Å². The van der Waals surface area contributed by atoms with Crippen molar-refractivity contribution in [3.8, 4) is 5.75 Å². The summed E-state index contributed by atoms with van der Waals surface area (Å²) in [6, 6.07) is 7.73. The number of amides is 1. The van der Waals surface area contributed by atoms with Crippen LogP contribution in [0.3, 0.4) is 0 Å². The van der Waals surface area contributed by atoms with Gasteiger partial charge in [0.25, 0.3) is 0 Å². The maximum atomic E-state index is 11.8. The average molecular weight is 315 g/mol. The molecule has 21 heavy (non-hydrogen) atoms. The van der Waals surface area contributed by atoms with Gasteiger partial charge in [0.2, 0.25) is 5.91 Å². The van der Waals surface area contributed by atoms with Gasteiger partial charge in [-0.2, -0.15) is 0 Å². The van der Waals surface area contributed by atoms with E-state index in [1.807, 2.05) is 24.3 Å². The van der Waals surface area contributed by atoms with Gasteiger partial charge in [-0.05, 0) is 24.1 Å². The van der Waals surface area contributed by atoms with Crippen molar-refractivity contribution >= 4 is 18.3 Å². The number of β-amino-alcohol motifs (C(OH)–C–C–N with tert-alkyl or cyclic N) is 1. The monoisotopic (exact) mass is 314 g/mol. The second-order valence-electron chi connectivity index (χ2n) is 5.14. The van der Waals surface area contributed by atoms with Gasteiger partial charge in [-0.25, -0.2) is 0 Å². The summed E-state index contributed by atoms with van der Waals surface area (Å²) in [6.07, 6.45) is 0.820. The molecule has 3 N–H and O–H groups in total. The SMILES string of the molecule is COc1ccc(CCC(=O)NCC2CNCC2O)cc1.Cl. The van der Waals surface area contributed by atoms with Gasteiger partial charge in [0.05, 0.1) is 13.2 Å². The Morgan fingerprint density at radius 3 is 2.67 bits per heavy atom. The summed E-state index contributed by atoms with van der Waals surface area (Å²) in [6.45, 7) is 1.92. The minimum Gasteiger partial charge on any atom is -0.497 e. The molecule has 118 valence electrons. The number of nitrogens with one attached hydrogen (secondary N) is 2. The highest BCUT2D eigenvalue weighted by Gasteiger charge is 2.24. The highest BCUT2D eigenvalue weighted by molar-refractivity contribution is 5.85. The summed E-state index contributed by atoms with van der Waals surface area (Å²) in [7, 11) is 1.63. The fourth-order valence-electron chi connectivity index (χ4n) is 2.31. The zero-order valence-electron chi connectivity index (χ0n) is 12.2. The number of carbonyl (C=O) groups excluding carboxylic acids is 1. The highest BCUT2D eigenvalue weighted by atomic mass is 35.5. The Hall–Kier alpha value is -1.30. The van der Waals surface area contributed by atoms with Crippen molar-refractivity contribution in [2.75, 3.05) is 26.7 Å². The van der Waals surface area contributed by atoms with Crippen LogP contribution in [0.15, 0.2) is 24.3 Å². The minimum atomic E-state index is -0.350. The fourth-order valence-corrected chi connectivity index (χ4v) is 2.31. The van der Waals surface area contributed by atoms with Crippen LogP contribution < -0.4 is 15.4 Å². The van der Waals surface area contributed by atoms with Crippen LogP contribution in [0.2, 0.25) is 0 Å². The minimum absolute atomic E-state index is 0. The van der Waals surface area contributed by atoms with E-state index >= 15 is 0 Å². The summed E-state index contributed by atoms with van der Waals surface area (Å²) >= 11 is 0. The van der Waals surface area contributed by atoms with Crippen LogP contribution in [-0.2, 0) is 11.2 Å². The van der Waals surface area contributed by atoms with Crippen LogP contribution in [-0.4, -0.2) is 43.9 Å². The Bertz CT molecular complexity index is 439. The van der Waals surface area contributed by atoms with E-state index in [9.17, 15) is 9.90 Å². The predicted molar refractivity (Wildman–Crippen MR) is 83.9 cm³/mol. The molecular weight excluding hydrogens is 292 g/mol. The molecule has 1 heterocycles. The molecule has 2 atom stereocenters. The zero-order chi connectivity index (χ0) is 14.4. The van der Waals surface area contributed by atoms with E-state index in [4.69, 9.17) is 4.74 Å². The van der Waals surface area contributed by atoms with Crippen molar-refractivity contribution in [2.45, 2.75) is 18.9 Å². The first kappa shape index (κ1) is 17.8. The van der Waals surface area contributed by atoms with Gasteiger partial charge >= 0.3 is 0 Å². The van der Waals surface area contributed by atoms with Crippen molar-refractivity contribution in [2.24, 2.45) is 5.92 Å². The highest BCUT2D eigenvalue weighted by Crippen LogP contribution is 2.12. The summed E-state index contributed by atoms with van der Waals surface area (Å²) in [5.74, 6) is 0.973. The molecule has 1 aliphatic heterocycles. The molecular formula is C15H23ClN2O3. The molecule has 0 radical (unpaired) electrons. The second-order valence-corrected chi connectivity index (χ2v) is 5.14. The van der Waals surface area contributed by atoms with Crippen LogP contribution >= 0.6 is 12.4 Å². The smallest absolute Gasteiger partial charge is 0.220 e. The Balaban J connectivity index is 0.00000220. The molecule has 1 aromatic rings. The van der Waals surface area contributed by atoms with Crippen LogP contribution in [0.4, 0.5) is 0 Å². The summed E-state index contributed by atoms with van der Waals surface area (Å²) in [4.78, 5) is 11.8. The van der Waals surface area contributed by atoms with Gasteiger partial charge in [-0.1, -0.05) is 12.1 Å². The summed E-state index contributed by atoms with van der Waals surface area (Å²) < 4.78 is 5.09. The number of benzene rings is 1. The molecule has 1 saturated heterocycles. The molecule has 2 rings (SSSR count). The molecule has 5 nitrogen and oxygen atoms in total. The van der Waals surface area contributed by atoms with Crippen LogP contribution in [0.25, 0.3) is 0 Å². The molecule has 1 fully saturated rings. The van der Waals surface area contributed by atoms with Crippen molar-refractivity contribution in [3.05, 3.63) is 29.8 Å². The van der Waals surface area contributed by atoms with Gasteiger partial charge in [0, 0.05) is 32.0 Å². The number of carbonyl (C=O) groups is 1. The number of hydrogen-bond acceptors (Lipinski definition) is 4. The lowest BCUT2D eigenvalue weighted by Crippen LogP contribution is -2.34. The Morgan fingerprint density at radius 1 is 1.38 bits per heavy atom. The molecule has 1 aliphatic rings. The maximum Gasteiger partial charge on any atom is 0.220 e. The number of ether oxygens (including phenoxy) is 1. The number of aryl methyl sites for hydroxylation is 1. The van der Waals surface area contributed by atoms with E-state index in [-0.39, 0.29) is 30.3 Å². The van der Waals surface area contributed by atoms with E-state index in [0.717, 1.165) is 17.9 Å². The number of halogens is 1. The van der Waals surface area contributed by atoms with Crippen molar-refractivity contribution < 1.29 is 14.6 Å². The molecule has 0 aromatic heterocycles.